The van der Waals surface area contributed by atoms with Crippen LogP contribution in [0.4, 0.5) is 0 Å². The molecule has 1 aliphatic rings. The van der Waals surface area contributed by atoms with Crippen LogP contribution in [0, 0.1) is 12.3 Å². The lowest BCUT2D eigenvalue weighted by molar-refractivity contribution is -0.0669. The van der Waals surface area contributed by atoms with Crippen LogP contribution in [-0.2, 0) is 20.1 Å². The molecule has 1 aliphatic heterocycles. The van der Waals surface area contributed by atoms with Gasteiger partial charge in [0.25, 0.3) is 0 Å². The van der Waals surface area contributed by atoms with Crippen molar-refractivity contribution in [2.75, 3.05) is 6.54 Å². The zero-order valence-electron chi connectivity index (χ0n) is 16.4. The van der Waals surface area contributed by atoms with Crippen LogP contribution in [-0.4, -0.2) is 37.7 Å². The fourth-order valence-corrected chi connectivity index (χ4v) is 3.60. The van der Waals surface area contributed by atoms with Crippen LogP contribution in [0.1, 0.15) is 44.2 Å². The molecule has 1 fully saturated rings. The Hall–Kier alpha value is -1.16. The van der Waals surface area contributed by atoms with Gasteiger partial charge in [0.15, 0.2) is 11.8 Å². The van der Waals surface area contributed by atoms with Crippen molar-refractivity contribution in [1.82, 2.24) is 25.0 Å². The summed E-state index contributed by atoms with van der Waals surface area (Å²) < 4.78 is 1.99. The summed E-state index contributed by atoms with van der Waals surface area (Å²) in [6.45, 7) is 13.5. The SMILES string of the molecule is Cc1nnc(CN=C(NCc2cccs2)N2CC(C)(C)C2(C)C)n1C.I. The second-order valence-corrected chi connectivity index (χ2v) is 8.86. The van der Waals surface area contributed by atoms with E-state index < -0.39 is 0 Å². The minimum absolute atomic E-state index is 0. The first-order valence-corrected chi connectivity index (χ1v) is 9.53. The van der Waals surface area contributed by atoms with E-state index in [9.17, 15) is 0 Å². The Morgan fingerprint density at radius 1 is 1.31 bits per heavy atom. The molecule has 26 heavy (non-hydrogen) atoms. The average Bonchev–Trinajstić information content (AvgIpc) is 3.18. The molecule has 2 aromatic heterocycles. The lowest BCUT2D eigenvalue weighted by Crippen LogP contribution is -2.72. The Kier molecular flexibility index (Phi) is 6.37. The van der Waals surface area contributed by atoms with Gasteiger partial charge in [-0.2, -0.15) is 0 Å². The molecule has 6 nitrogen and oxygen atoms in total. The molecule has 0 amide bonds. The molecule has 0 atom stereocenters. The molecule has 3 heterocycles. The Bertz CT molecular complexity index is 763. The Morgan fingerprint density at radius 2 is 2.04 bits per heavy atom. The van der Waals surface area contributed by atoms with Crippen molar-refractivity contribution in [1.29, 1.82) is 0 Å². The minimum atomic E-state index is 0. The van der Waals surface area contributed by atoms with Gasteiger partial charge in [0, 0.05) is 29.4 Å². The van der Waals surface area contributed by atoms with Crippen molar-refractivity contribution in [3.05, 3.63) is 34.0 Å². The Labute approximate surface area is 177 Å². The number of thiophene rings is 1. The molecule has 2 aromatic rings. The third-order valence-electron chi connectivity index (χ3n) is 5.69. The first-order chi connectivity index (χ1) is 11.7. The summed E-state index contributed by atoms with van der Waals surface area (Å²) in [6, 6.07) is 4.23. The lowest BCUT2D eigenvalue weighted by atomic mass is 9.65. The maximum absolute atomic E-state index is 4.86. The highest BCUT2D eigenvalue weighted by atomic mass is 127. The number of hydrogen-bond acceptors (Lipinski definition) is 4. The number of aromatic nitrogens is 3. The second kappa shape index (κ2) is 7.84. The van der Waals surface area contributed by atoms with Gasteiger partial charge >= 0.3 is 0 Å². The largest absolute Gasteiger partial charge is 0.351 e. The Balaban J connectivity index is 0.00000243. The van der Waals surface area contributed by atoms with E-state index in [1.54, 1.807) is 11.3 Å². The molecular formula is C18H29IN6S. The van der Waals surface area contributed by atoms with E-state index >= 15 is 0 Å². The molecule has 0 aliphatic carbocycles. The molecule has 144 valence electrons. The van der Waals surface area contributed by atoms with Crippen molar-refractivity contribution in [2.24, 2.45) is 17.5 Å². The molecule has 3 rings (SSSR count). The number of nitrogens with one attached hydrogen (secondary N) is 1. The molecule has 0 radical (unpaired) electrons. The van der Waals surface area contributed by atoms with Gasteiger partial charge in [-0.25, -0.2) is 4.99 Å². The van der Waals surface area contributed by atoms with Crippen molar-refractivity contribution in [2.45, 2.75) is 53.2 Å². The van der Waals surface area contributed by atoms with Gasteiger partial charge < -0.3 is 14.8 Å². The van der Waals surface area contributed by atoms with E-state index in [1.165, 1.54) is 4.88 Å². The number of guanidine groups is 1. The maximum atomic E-state index is 4.86. The monoisotopic (exact) mass is 488 g/mol. The van der Waals surface area contributed by atoms with Crippen molar-refractivity contribution < 1.29 is 0 Å². The van der Waals surface area contributed by atoms with Crippen LogP contribution < -0.4 is 5.32 Å². The zero-order chi connectivity index (χ0) is 18.2. The van der Waals surface area contributed by atoms with Gasteiger partial charge in [-0.1, -0.05) is 19.9 Å². The minimum Gasteiger partial charge on any atom is -0.351 e. The number of halogens is 1. The van der Waals surface area contributed by atoms with Gasteiger partial charge in [0.05, 0.1) is 6.54 Å². The molecular weight excluding hydrogens is 459 g/mol. The van der Waals surface area contributed by atoms with Crippen molar-refractivity contribution in [3.8, 4) is 0 Å². The third kappa shape index (κ3) is 3.90. The lowest BCUT2D eigenvalue weighted by Gasteiger charge is -2.62. The van der Waals surface area contributed by atoms with Crippen molar-refractivity contribution >= 4 is 41.3 Å². The molecule has 0 saturated carbocycles. The topological polar surface area (TPSA) is 58.3 Å². The van der Waals surface area contributed by atoms with Crippen LogP contribution >= 0.6 is 35.3 Å². The quantitative estimate of drug-likeness (QED) is 0.406. The fraction of sp³-hybridized carbons (Fsp3) is 0.611. The van der Waals surface area contributed by atoms with Crippen LogP contribution in [0.5, 0.6) is 0 Å². The molecule has 1 N–H and O–H groups in total. The summed E-state index contributed by atoms with van der Waals surface area (Å²) in [6.07, 6.45) is 0. The van der Waals surface area contributed by atoms with E-state index in [0.29, 0.717) is 6.54 Å². The number of hydrogen-bond donors (Lipinski definition) is 1. The normalized spacial score (nSPS) is 18.2. The van der Waals surface area contributed by atoms with E-state index in [4.69, 9.17) is 4.99 Å². The summed E-state index contributed by atoms with van der Waals surface area (Å²) in [5.41, 5.74) is 0.323. The van der Waals surface area contributed by atoms with Crippen molar-refractivity contribution in [3.63, 3.8) is 0 Å². The first-order valence-electron chi connectivity index (χ1n) is 8.65. The van der Waals surface area contributed by atoms with E-state index in [2.05, 4.69) is 65.6 Å². The summed E-state index contributed by atoms with van der Waals surface area (Å²) in [7, 11) is 1.98. The van der Waals surface area contributed by atoms with Gasteiger partial charge in [-0.3, -0.25) is 0 Å². The van der Waals surface area contributed by atoms with Gasteiger partial charge in [0.1, 0.15) is 12.4 Å². The Morgan fingerprint density at radius 3 is 2.54 bits per heavy atom. The van der Waals surface area contributed by atoms with Crippen LogP contribution in [0.15, 0.2) is 22.5 Å². The molecule has 0 aromatic carbocycles. The first kappa shape index (κ1) is 21.1. The fourth-order valence-electron chi connectivity index (χ4n) is 2.95. The van der Waals surface area contributed by atoms with Gasteiger partial charge in [-0.15, -0.1) is 45.5 Å². The van der Waals surface area contributed by atoms with E-state index in [-0.39, 0.29) is 34.9 Å². The number of aryl methyl sites for hydroxylation is 1. The number of aliphatic imine (C=N–C) groups is 1. The summed E-state index contributed by atoms with van der Waals surface area (Å²) in [5.74, 6) is 2.73. The molecule has 0 spiro atoms. The molecule has 1 saturated heterocycles. The predicted octanol–water partition coefficient (Wildman–Crippen LogP) is 3.57. The van der Waals surface area contributed by atoms with E-state index in [0.717, 1.165) is 30.7 Å². The number of rotatable bonds is 4. The van der Waals surface area contributed by atoms with Crippen LogP contribution in [0.2, 0.25) is 0 Å². The summed E-state index contributed by atoms with van der Waals surface area (Å²) >= 11 is 1.76. The highest BCUT2D eigenvalue weighted by Gasteiger charge is 2.53. The van der Waals surface area contributed by atoms with Crippen LogP contribution in [0.25, 0.3) is 0 Å². The zero-order valence-corrected chi connectivity index (χ0v) is 19.6. The third-order valence-corrected chi connectivity index (χ3v) is 6.57. The number of likely N-dealkylation sites (tertiary alicyclic amines) is 1. The smallest absolute Gasteiger partial charge is 0.195 e. The molecule has 0 unspecified atom stereocenters. The number of nitrogens with zero attached hydrogens (tertiary/aromatic N) is 5. The van der Waals surface area contributed by atoms with Gasteiger partial charge in [-0.05, 0) is 32.2 Å². The average molecular weight is 488 g/mol. The standard InChI is InChI=1S/C18H28N6S.HI/c1-13-21-22-15(23(13)6)11-20-16(19-10-14-8-7-9-25-14)24-12-17(2,3)18(24,4)5;/h7-9H,10-12H2,1-6H3,(H,19,20);1H. The highest BCUT2D eigenvalue weighted by molar-refractivity contribution is 14.0. The second-order valence-electron chi connectivity index (χ2n) is 7.82. The summed E-state index contributed by atoms with van der Waals surface area (Å²) in [4.78, 5) is 8.53. The highest BCUT2D eigenvalue weighted by Crippen LogP contribution is 2.46. The molecule has 8 heteroatoms. The van der Waals surface area contributed by atoms with Crippen LogP contribution in [0.3, 0.4) is 0 Å². The summed E-state index contributed by atoms with van der Waals surface area (Å²) in [5, 5.41) is 14.0. The predicted molar refractivity (Wildman–Crippen MR) is 118 cm³/mol. The van der Waals surface area contributed by atoms with E-state index in [1.807, 2.05) is 18.5 Å². The maximum Gasteiger partial charge on any atom is 0.195 e. The molecule has 0 bridgehead atoms. The van der Waals surface area contributed by atoms with Gasteiger partial charge in [0.2, 0.25) is 0 Å².